The molecule has 13 nitrogen and oxygen atoms in total. The Morgan fingerprint density at radius 3 is 2.42 bits per heavy atom. The minimum Gasteiger partial charge on any atom is -0.475 e. The minimum atomic E-state index is -0.710. The minimum absolute atomic E-state index is 0.00818. The van der Waals surface area contributed by atoms with Crippen molar-refractivity contribution < 1.29 is 14.6 Å². The maximum Gasteiger partial charge on any atom is 0.236 e. The first-order valence-electron chi connectivity index (χ1n) is 17.2. The van der Waals surface area contributed by atoms with Crippen molar-refractivity contribution in [2.45, 2.75) is 39.0 Å². The zero-order chi connectivity index (χ0) is 35.4. The Bertz CT molecular complexity index is 1740. The number of likely N-dealkylation sites (tertiary alicyclic amines) is 1. The number of rotatable bonds is 10. The van der Waals surface area contributed by atoms with Gasteiger partial charge >= 0.3 is 0 Å². The predicted octanol–water partition coefficient (Wildman–Crippen LogP) is 2.80. The second kappa shape index (κ2) is 14.9. The standard InChI is InChI=1S/C37H48N10O3/c1-25(2)50-32-11-6-27(21-42-32)34(39)30-20-29(9-10-31(30)38)47-15-13-37(36(47)49)12-14-44(23-37)22-33(48)46-18-16-45(17-19-46)28-7-4-26(5-8-28)35(40)43-24-41-3/h4-11,20-21,24-25,36,39,49H,12-19,22-23,38H2,1-3H3,(H2,40,41,43)/t36?,37-/m0/s1. The zero-order valence-electron chi connectivity index (χ0n) is 29.1. The van der Waals surface area contributed by atoms with E-state index in [9.17, 15) is 9.90 Å². The molecule has 0 radical (unpaired) electrons. The Labute approximate surface area is 293 Å². The lowest BCUT2D eigenvalue weighted by molar-refractivity contribution is -0.132. The molecule has 0 saturated carbocycles. The number of nitrogens with zero attached hydrogens (tertiary/aromatic N) is 7. The van der Waals surface area contributed by atoms with Crippen LogP contribution in [0.15, 0.2) is 70.8 Å². The number of aliphatic imine (C=N–C) groups is 2. The van der Waals surface area contributed by atoms with E-state index in [0.29, 0.717) is 61.3 Å². The molecule has 1 amide bonds. The summed E-state index contributed by atoms with van der Waals surface area (Å²) in [5.74, 6) is 1.06. The van der Waals surface area contributed by atoms with E-state index in [1.165, 1.54) is 6.34 Å². The first kappa shape index (κ1) is 34.8. The van der Waals surface area contributed by atoms with Crippen LogP contribution in [0, 0.1) is 10.8 Å². The molecule has 50 heavy (non-hydrogen) atoms. The number of amides is 1. The van der Waals surface area contributed by atoms with Crippen LogP contribution in [0.5, 0.6) is 5.88 Å². The smallest absolute Gasteiger partial charge is 0.236 e. The topological polar surface area (TPSA) is 173 Å². The number of aliphatic hydroxyl groups excluding tert-OH is 1. The molecule has 13 heteroatoms. The van der Waals surface area contributed by atoms with E-state index in [4.69, 9.17) is 21.6 Å². The first-order chi connectivity index (χ1) is 24.1. The van der Waals surface area contributed by atoms with Gasteiger partial charge in [0.1, 0.15) is 18.4 Å². The van der Waals surface area contributed by atoms with E-state index in [1.54, 1.807) is 25.4 Å². The summed E-state index contributed by atoms with van der Waals surface area (Å²) < 4.78 is 5.64. The van der Waals surface area contributed by atoms with Crippen LogP contribution in [0.1, 0.15) is 43.4 Å². The molecule has 1 spiro atoms. The van der Waals surface area contributed by atoms with Gasteiger partial charge in [0.15, 0.2) is 0 Å². The number of nitrogen functional groups attached to an aromatic ring is 1. The molecule has 3 aliphatic rings. The number of hydrogen-bond donors (Lipinski definition) is 4. The number of anilines is 3. The summed E-state index contributed by atoms with van der Waals surface area (Å²) >= 11 is 0. The zero-order valence-corrected chi connectivity index (χ0v) is 29.1. The van der Waals surface area contributed by atoms with Gasteiger partial charge in [-0.3, -0.25) is 20.1 Å². The number of aliphatic hydroxyl groups is 1. The molecular formula is C37H48N10O3. The van der Waals surface area contributed by atoms with Gasteiger partial charge in [0, 0.05) is 97.7 Å². The van der Waals surface area contributed by atoms with Crippen molar-refractivity contribution in [2.24, 2.45) is 21.1 Å². The number of ether oxygens (including phenoxy) is 1. The number of benzene rings is 2. The third-order valence-electron chi connectivity index (χ3n) is 10.0. The van der Waals surface area contributed by atoms with Crippen LogP contribution in [-0.2, 0) is 4.79 Å². The van der Waals surface area contributed by atoms with Crippen molar-refractivity contribution in [3.05, 3.63) is 77.5 Å². The summed E-state index contributed by atoms with van der Waals surface area (Å²) in [6, 6.07) is 17.1. The van der Waals surface area contributed by atoms with Gasteiger partial charge in [0.2, 0.25) is 11.8 Å². The molecule has 264 valence electrons. The van der Waals surface area contributed by atoms with Crippen molar-refractivity contribution in [3.8, 4) is 5.88 Å². The lowest BCUT2D eigenvalue weighted by Crippen LogP contribution is -2.51. The lowest BCUT2D eigenvalue weighted by atomic mass is 9.84. The molecule has 2 atom stereocenters. The van der Waals surface area contributed by atoms with Gasteiger partial charge in [0.25, 0.3) is 0 Å². The number of piperazine rings is 1. The molecule has 2 aromatic carbocycles. The summed E-state index contributed by atoms with van der Waals surface area (Å²) in [6.07, 6.45) is 3.99. The number of nitrogens with one attached hydrogen (secondary N) is 1. The summed E-state index contributed by atoms with van der Waals surface area (Å²) in [5, 5.41) is 20.6. The molecule has 0 bridgehead atoms. The van der Waals surface area contributed by atoms with Crippen molar-refractivity contribution in [1.82, 2.24) is 14.8 Å². The molecule has 1 unspecified atom stereocenters. The van der Waals surface area contributed by atoms with E-state index in [0.717, 1.165) is 49.4 Å². The molecule has 3 fully saturated rings. The highest BCUT2D eigenvalue weighted by atomic mass is 16.5. The van der Waals surface area contributed by atoms with Gasteiger partial charge in [0.05, 0.1) is 18.4 Å². The van der Waals surface area contributed by atoms with Gasteiger partial charge in [-0.25, -0.2) is 9.98 Å². The summed E-state index contributed by atoms with van der Waals surface area (Å²) in [4.78, 5) is 34.1. The van der Waals surface area contributed by atoms with Crippen LogP contribution in [0.25, 0.3) is 0 Å². The molecule has 3 saturated heterocycles. The third kappa shape index (κ3) is 7.43. The van der Waals surface area contributed by atoms with E-state index < -0.39 is 6.23 Å². The highest BCUT2D eigenvalue weighted by molar-refractivity contribution is 6.14. The Morgan fingerprint density at radius 2 is 1.74 bits per heavy atom. The third-order valence-corrected chi connectivity index (χ3v) is 10.0. The van der Waals surface area contributed by atoms with Gasteiger partial charge in [-0.2, -0.15) is 0 Å². The largest absolute Gasteiger partial charge is 0.475 e. The van der Waals surface area contributed by atoms with Crippen LogP contribution >= 0.6 is 0 Å². The van der Waals surface area contributed by atoms with Gasteiger partial charge in [-0.15, -0.1) is 0 Å². The van der Waals surface area contributed by atoms with Crippen molar-refractivity contribution in [3.63, 3.8) is 0 Å². The van der Waals surface area contributed by atoms with E-state index in [2.05, 4.69) is 24.8 Å². The Kier molecular flexibility index (Phi) is 10.3. The number of amidine groups is 1. The highest BCUT2D eigenvalue weighted by Gasteiger charge is 2.51. The van der Waals surface area contributed by atoms with Crippen LogP contribution in [0.4, 0.5) is 17.1 Å². The van der Waals surface area contributed by atoms with E-state index in [-0.39, 0.29) is 23.1 Å². The Hall–Kier alpha value is -5.01. The van der Waals surface area contributed by atoms with Gasteiger partial charge in [-0.05, 0) is 81.8 Å². The van der Waals surface area contributed by atoms with Crippen molar-refractivity contribution in [1.29, 1.82) is 5.41 Å². The molecule has 3 aromatic rings. The Morgan fingerprint density at radius 1 is 1.04 bits per heavy atom. The van der Waals surface area contributed by atoms with Crippen molar-refractivity contribution >= 4 is 40.9 Å². The summed E-state index contributed by atoms with van der Waals surface area (Å²) in [7, 11) is 1.65. The fourth-order valence-corrected chi connectivity index (χ4v) is 7.21. The van der Waals surface area contributed by atoms with Crippen LogP contribution in [-0.4, -0.2) is 115 Å². The number of hydrogen-bond acceptors (Lipinski definition) is 10. The maximum atomic E-state index is 13.4. The number of nitrogens with two attached hydrogens (primary N) is 2. The van der Waals surface area contributed by atoms with Gasteiger partial charge in [-0.1, -0.05) is 0 Å². The average molecular weight is 681 g/mol. The second-order valence-electron chi connectivity index (χ2n) is 13.6. The van der Waals surface area contributed by atoms with Gasteiger partial charge < -0.3 is 36.0 Å². The molecule has 3 aliphatic heterocycles. The molecule has 1 aromatic heterocycles. The number of aromatic nitrogens is 1. The Balaban J connectivity index is 1.03. The van der Waals surface area contributed by atoms with E-state index in [1.807, 2.05) is 66.1 Å². The highest BCUT2D eigenvalue weighted by Crippen LogP contribution is 2.45. The van der Waals surface area contributed by atoms with Crippen LogP contribution < -0.4 is 26.0 Å². The number of pyridine rings is 1. The predicted molar refractivity (Wildman–Crippen MR) is 199 cm³/mol. The molecule has 6 N–H and O–H groups in total. The molecule has 4 heterocycles. The maximum absolute atomic E-state index is 13.4. The SMILES string of the molecule is CN=CN=C(N)c1ccc(N2CCN(C(=O)CN3CC[C@]4(CCN(c5ccc(N)c(C(=N)c6ccc(OC(C)C)nc6)c5)C4O)C3)CC2)cc1. The van der Waals surface area contributed by atoms with Crippen molar-refractivity contribution in [2.75, 3.05) is 74.9 Å². The lowest BCUT2D eigenvalue weighted by Gasteiger charge is -2.37. The summed E-state index contributed by atoms with van der Waals surface area (Å²) in [6.45, 7) is 9.16. The molecule has 6 rings (SSSR count). The number of carbonyl (C=O) groups excluding carboxylic acids is 1. The normalized spacial score (nSPS) is 21.6. The fraction of sp³-hybridized carbons (Fsp3) is 0.432. The fourth-order valence-electron chi connectivity index (χ4n) is 7.21. The van der Waals surface area contributed by atoms with Crippen LogP contribution in [0.2, 0.25) is 0 Å². The second-order valence-corrected chi connectivity index (χ2v) is 13.6. The van der Waals surface area contributed by atoms with Crippen LogP contribution in [0.3, 0.4) is 0 Å². The number of carbonyl (C=O) groups is 1. The monoisotopic (exact) mass is 680 g/mol. The first-order valence-corrected chi connectivity index (χ1v) is 17.2. The quantitative estimate of drug-likeness (QED) is 0.143. The van der Waals surface area contributed by atoms with E-state index >= 15 is 0 Å². The molecule has 0 aliphatic carbocycles. The summed E-state index contributed by atoms with van der Waals surface area (Å²) in [5.41, 5.74) is 16.8. The average Bonchev–Trinajstić information content (AvgIpc) is 3.68. The molecular weight excluding hydrogens is 632 g/mol.